The Morgan fingerprint density at radius 3 is 2.56 bits per heavy atom. The average Bonchev–Trinajstić information content (AvgIpc) is 2.74. The number of oxime groups is 1. The summed E-state index contributed by atoms with van der Waals surface area (Å²) in [6, 6.07) is 1.14. The smallest absolute Gasteiger partial charge is 0.337 e. The first kappa shape index (κ1) is 23.9. The third-order valence-corrected chi connectivity index (χ3v) is 6.56. The van der Waals surface area contributed by atoms with Crippen molar-refractivity contribution in [3.05, 3.63) is 32.4 Å². The van der Waals surface area contributed by atoms with Crippen LogP contribution in [0, 0.1) is 0 Å². The van der Waals surface area contributed by atoms with Crippen molar-refractivity contribution < 1.29 is 17.7 Å². The second-order valence-electron chi connectivity index (χ2n) is 7.74. The van der Waals surface area contributed by atoms with Gasteiger partial charge in [-0.1, -0.05) is 25.4 Å². The lowest BCUT2D eigenvalue weighted by molar-refractivity contribution is 0.246. The molecular weight excluding hydrogens is 438 g/mol. The number of amidine groups is 1. The van der Waals surface area contributed by atoms with Crippen LogP contribution in [0.1, 0.15) is 45.1 Å². The van der Waals surface area contributed by atoms with Gasteiger partial charge in [-0.25, -0.2) is 13.2 Å². The van der Waals surface area contributed by atoms with Gasteiger partial charge < -0.3 is 14.2 Å². The zero-order valence-electron chi connectivity index (χ0n) is 18.6. The molecular formula is C20H29N5O6S. The number of sulfonamides is 1. The van der Waals surface area contributed by atoms with E-state index in [1.807, 2.05) is 18.7 Å². The molecule has 11 nitrogen and oxygen atoms in total. The van der Waals surface area contributed by atoms with Crippen molar-refractivity contribution in [1.82, 2.24) is 19.2 Å². The number of nitrogens with zero attached hydrogens (tertiary/aromatic N) is 4. The Kier molecular flexibility index (Phi) is 7.67. The Bertz CT molecular complexity index is 1200. The number of piperazine rings is 1. The van der Waals surface area contributed by atoms with Crippen LogP contribution in [0.2, 0.25) is 0 Å². The standard InChI is InChI=1S/C20H29N5O6S/c1-4-6-8-14-13-16(26)30-19-17(14)18(27)21-20(22-19)31-23-15(7-5-2)24-9-11-25(12-10-24)32(3,28)29/h13H,4-12H2,1-3H3,(H,21,22,27). The number of aryl methyl sites for hydroxylation is 1. The second-order valence-corrected chi connectivity index (χ2v) is 9.73. The Morgan fingerprint density at radius 2 is 1.94 bits per heavy atom. The molecule has 0 spiro atoms. The first-order valence-electron chi connectivity index (χ1n) is 10.7. The highest BCUT2D eigenvalue weighted by molar-refractivity contribution is 7.88. The van der Waals surface area contributed by atoms with Gasteiger partial charge in [0.05, 0.1) is 6.26 Å². The van der Waals surface area contributed by atoms with E-state index in [0.717, 1.165) is 19.3 Å². The summed E-state index contributed by atoms with van der Waals surface area (Å²) in [5.41, 5.74) is -0.533. The molecule has 12 heteroatoms. The van der Waals surface area contributed by atoms with Crippen molar-refractivity contribution in [3.63, 3.8) is 0 Å². The fourth-order valence-electron chi connectivity index (χ4n) is 3.60. The maximum absolute atomic E-state index is 12.6. The summed E-state index contributed by atoms with van der Waals surface area (Å²) in [4.78, 5) is 38.6. The van der Waals surface area contributed by atoms with Crippen LogP contribution in [-0.4, -0.2) is 65.9 Å². The van der Waals surface area contributed by atoms with Crippen LogP contribution in [0.3, 0.4) is 0 Å². The number of rotatable bonds is 8. The van der Waals surface area contributed by atoms with E-state index in [9.17, 15) is 18.0 Å². The molecule has 32 heavy (non-hydrogen) atoms. The zero-order valence-corrected chi connectivity index (χ0v) is 19.4. The largest absolute Gasteiger partial charge is 0.403 e. The van der Waals surface area contributed by atoms with Crippen LogP contribution in [0.5, 0.6) is 6.01 Å². The molecule has 176 valence electrons. The van der Waals surface area contributed by atoms with Crippen LogP contribution in [-0.2, 0) is 16.4 Å². The topological polar surface area (TPSA) is 138 Å². The SMILES string of the molecule is CCCCc1cc(=O)oc2nc(ON=C(CCC)N3CCN(S(C)(=O)=O)CC3)[nH]c(=O)c12. The molecule has 0 unspecified atom stereocenters. The lowest BCUT2D eigenvalue weighted by Crippen LogP contribution is -2.50. The van der Waals surface area contributed by atoms with Crippen LogP contribution in [0.25, 0.3) is 11.1 Å². The molecule has 1 aliphatic heterocycles. The van der Waals surface area contributed by atoms with Gasteiger partial charge >= 0.3 is 11.6 Å². The number of aromatic nitrogens is 2. The number of H-pyrrole nitrogens is 1. The number of aromatic amines is 1. The van der Waals surface area contributed by atoms with Gasteiger partial charge in [-0.2, -0.15) is 9.29 Å². The number of hydrogen-bond acceptors (Lipinski definition) is 8. The molecule has 3 rings (SSSR count). The molecule has 0 aromatic carbocycles. The van der Waals surface area contributed by atoms with Crippen molar-refractivity contribution >= 4 is 27.0 Å². The molecule has 1 N–H and O–H groups in total. The van der Waals surface area contributed by atoms with Crippen LogP contribution in [0.15, 0.2) is 25.2 Å². The highest BCUT2D eigenvalue weighted by Gasteiger charge is 2.25. The van der Waals surface area contributed by atoms with Gasteiger partial charge in [0.25, 0.3) is 5.56 Å². The predicted octanol–water partition coefficient (Wildman–Crippen LogP) is 1.29. The lowest BCUT2D eigenvalue weighted by Gasteiger charge is -2.34. The van der Waals surface area contributed by atoms with Crippen molar-refractivity contribution in [2.45, 2.75) is 46.0 Å². The molecule has 0 saturated carbocycles. The molecule has 2 aromatic heterocycles. The van der Waals surface area contributed by atoms with Gasteiger partial charge in [-0.05, 0) is 24.8 Å². The molecule has 1 aliphatic rings. The summed E-state index contributed by atoms with van der Waals surface area (Å²) in [5.74, 6) is 0.626. The van der Waals surface area contributed by atoms with Crippen molar-refractivity contribution in [2.24, 2.45) is 5.16 Å². The number of nitrogens with one attached hydrogen (secondary N) is 1. The van der Waals surface area contributed by atoms with Crippen LogP contribution in [0.4, 0.5) is 0 Å². The van der Waals surface area contributed by atoms with E-state index in [1.54, 1.807) is 0 Å². The number of hydrogen-bond donors (Lipinski definition) is 1. The Balaban J connectivity index is 1.84. The van der Waals surface area contributed by atoms with E-state index in [-0.39, 0.29) is 17.1 Å². The normalized spacial score (nSPS) is 16.0. The molecule has 0 atom stereocenters. The molecule has 0 amide bonds. The minimum absolute atomic E-state index is 0.0867. The Morgan fingerprint density at radius 1 is 1.22 bits per heavy atom. The van der Waals surface area contributed by atoms with Crippen molar-refractivity contribution in [1.29, 1.82) is 0 Å². The van der Waals surface area contributed by atoms with Gasteiger partial charge in [-0.3, -0.25) is 9.78 Å². The minimum Gasteiger partial charge on any atom is -0.403 e. The molecule has 0 radical (unpaired) electrons. The van der Waals surface area contributed by atoms with Gasteiger partial charge in [0.2, 0.25) is 15.7 Å². The highest BCUT2D eigenvalue weighted by atomic mass is 32.2. The monoisotopic (exact) mass is 467 g/mol. The molecule has 1 saturated heterocycles. The molecule has 3 heterocycles. The fraction of sp³-hybridized carbons (Fsp3) is 0.600. The molecule has 2 aromatic rings. The molecule has 1 fully saturated rings. The lowest BCUT2D eigenvalue weighted by atomic mass is 10.1. The molecule has 0 aliphatic carbocycles. The van der Waals surface area contributed by atoms with Crippen molar-refractivity contribution in [2.75, 3.05) is 32.4 Å². The summed E-state index contributed by atoms with van der Waals surface area (Å²) >= 11 is 0. The first-order chi connectivity index (χ1) is 15.2. The third-order valence-electron chi connectivity index (χ3n) is 5.26. The van der Waals surface area contributed by atoms with Gasteiger partial charge in [0.15, 0.2) is 0 Å². The predicted molar refractivity (Wildman–Crippen MR) is 120 cm³/mol. The van der Waals surface area contributed by atoms with E-state index >= 15 is 0 Å². The maximum Gasteiger partial charge on any atom is 0.337 e. The second kappa shape index (κ2) is 10.3. The van der Waals surface area contributed by atoms with E-state index in [4.69, 9.17) is 9.25 Å². The number of unbranched alkanes of at least 4 members (excludes halogenated alkanes) is 1. The van der Waals surface area contributed by atoms with E-state index in [0.29, 0.717) is 50.4 Å². The van der Waals surface area contributed by atoms with Crippen LogP contribution < -0.4 is 16.0 Å². The van der Waals surface area contributed by atoms with E-state index in [1.165, 1.54) is 16.6 Å². The summed E-state index contributed by atoms with van der Waals surface area (Å²) in [6.07, 6.45) is 4.91. The zero-order chi connectivity index (χ0) is 23.3. The summed E-state index contributed by atoms with van der Waals surface area (Å²) in [7, 11) is -3.23. The third kappa shape index (κ3) is 5.74. The first-order valence-corrected chi connectivity index (χ1v) is 12.6. The quantitative estimate of drug-likeness (QED) is 0.348. The Labute approximate surface area is 186 Å². The van der Waals surface area contributed by atoms with E-state index < -0.39 is 21.2 Å². The van der Waals surface area contributed by atoms with E-state index in [2.05, 4.69) is 15.1 Å². The number of fused-ring (bicyclic) bond motifs is 1. The molecule has 0 bridgehead atoms. The van der Waals surface area contributed by atoms with Gasteiger partial charge in [0.1, 0.15) is 11.2 Å². The van der Waals surface area contributed by atoms with Gasteiger partial charge in [-0.15, -0.1) is 0 Å². The van der Waals surface area contributed by atoms with Crippen LogP contribution >= 0.6 is 0 Å². The van der Waals surface area contributed by atoms with Gasteiger partial charge in [0, 0.05) is 38.7 Å². The van der Waals surface area contributed by atoms with Crippen molar-refractivity contribution in [3.8, 4) is 6.01 Å². The summed E-state index contributed by atoms with van der Waals surface area (Å²) in [5, 5.41) is 4.40. The highest BCUT2D eigenvalue weighted by Crippen LogP contribution is 2.16. The fourth-order valence-corrected chi connectivity index (χ4v) is 4.42. The average molecular weight is 468 g/mol. The summed E-state index contributed by atoms with van der Waals surface area (Å²) < 4.78 is 30.0. The summed E-state index contributed by atoms with van der Waals surface area (Å²) in [6.45, 7) is 5.69. The minimum atomic E-state index is -3.23. The Hall–Kier alpha value is -2.73. The maximum atomic E-state index is 12.6.